The molecule has 3 heteroatoms. The highest BCUT2D eigenvalue weighted by Crippen LogP contribution is 2.05. The summed E-state index contributed by atoms with van der Waals surface area (Å²) in [5.74, 6) is 0.355. The number of nitrogens with zero attached hydrogens (tertiary/aromatic N) is 1. The van der Waals surface area contributed by atoms with Crippen molar-refractivity contribution in [3.8, 4) is 0 Å². The normalized spacial score (nSPS) is 25.0. The summed E-state index contributed by atoms with van der Waals surface area (Å²) >= 11 is 0. The number of rotatable bonds is 3. The van der Waals surface area contributed by atoms with Gasteiger partial charge in [0, 0.05) is 12.5 Å². The van der Waals surface area contributed by atoms with Crippen LogP contribution in [-0.4, -0.2) is 43.9 Å². The standard InChI is InChI=1S/C8H16N2O/c1-10(2)4-3-7-5-8(11)6-9-7/h7,9H,3-6H2,1-2H3. The highest BCUT2D eigenvalue weighted by molar-refractivity contribution is 5.83. The Morgan fingerprint density at radius 3 is 2.82 bits per heavy atom. The van der Waals surface area contributed by atoms with Gasteiger partial charge in [0.1, 0.15) is 5.78 Å². The van der Waals surface area contributed by atoms with Crippen LogP contribution in [0.25, 0.3) is 0 Å². The molecule has 1 aliphatic rings. The van der Waals surface area contributed by atoms with Crippen LogP contribution in [0.4, 0.5) is 0 Å². The van der Waals surface area contributed by atoms with E-state index in [9.17, 15) is 4.79 Å². The molecule has 0 amide bonds. The van der Waals surface area contributed by atoms with Crippen LogP contribution in [0.3, 0.4) is 0 Å². The third-order valence-electron chi connectivity index (χ3n) is 1.99. The molecule has 0 aliphatic carbocycles. The quantitative estimate of drug-likeness (QED) is 0.617. The fourth-order valence-corrected chi connectivity index (χ4v) is 1.30. The average molecular weight is 156 g/mol. The van der Waals surface area contributed by atoms with Gasteiger partial charge in [-0.3, -0.25) is 4.79 Å². The average Bonchev–Trinajstić information content (AvgIpc) is 2.31. The van der Waals surface area contributed by atoms with Crippen molar-refractivity contribution in [3.05, 3.63) is 0 Å². The smallest absolute Gasteiger partial charge is 0.148 e. The van der Waals surface area contributed by atoms with Gasteiger partial charge in [0.15, 0.2) is 0 Å². The molecule has 1 heterocycles. The Kier molecular flexibility index (Phi) is 3.02. The molecule has 3 nitrogen and oxygen atoms in total. The zero-order chi connectivity index (χ0) is 8.27. The van der Waals surface area contributed by atoms with Gasteiger partial charge >= 0.3 is 0 Å². The lowest BCUT2D eigenvalue weighted by molar-refractivity contribution is -0.116. The van der Waals surface area contributed by atoms with E-state index in [2.05, 4.69) is 24.3 Å². The predicted molar refractivity (Wildman–Crippen MR) is 44.6 cm³/mol. The first-order valence-corrected chi connectivity index (χ1v) is 4.08. The van der Waals surface area contributed by atoms with Crippen LogP contribution in [0.5, 0.6) is 0 Å². The maximum absolute atomic E-state index is 10.8. The molecule has 0 aromatic heterocycles. The van der Waals surface area contributed by atoms with Crippen molar-refractivity contribution >= 4 is 5.78 Å². The van der Waals surface area contributed by atoms with Crippen molar-refractivity contribution in [3.63, 3.8) is 0 Å². The third-order valence-corrected chi connectivity index (χ3v) is 1.99. The van der Waals surface area contributed by atoms with E-state index in [1.165, 1.54) is 0 Å². The lowest BCUT2D eigenvalue weighted by Crippen LogP contribution is -2.26. The SMILES string of the molecule is CN(C)CCC1CC(=O)CN1. The summed E-state index contributed by atoms with van der Waals surface area (Å²) in [6.07, 6.45) is 1.81. The molecular formula is C8H16N2O. The van der Waals surface area contributed by atoms with E-state index in [4.69, 9.17) is 0 Å². The zero-order valence-electron chi connectivity index (χ0n) is 7.26. The van der Waals surface area contributed by atoms with Crippen molar-refractivity contribution in [1.82, 2.24) is 10.2 Å². The number of hydrogen-bond acceptors (Lipinski definition) is 3. The number of carbonyl (C=O) groups excluding carboxylic acids is 1. The van der Waals surface area contributed by atoms with Crippen LogP contribution in [-0.2, 0) is 4.79 Å². The van der Waals surface area contributed by atoms with E-state index in [0.29, 0.717) is 18.4 Å². The van der Waals surface area contributed by atoms with E-state index in [-0.39, 0.29) is 0 Å². The summed E-state index contributed by atoms with van der Waals surface area (Å²) in [5.41, 5.74) is 0. The minimum Gasteiger partial charge on any atom is -0.309 e. The molecule has 0 bridgehead atoms. The maximum atomic E-state index is 10.8. The minimum atomic E-state index is 0.355. The molecule has 0 aromatic carbocycles. The molecule has 1 atom stereocenters. The van der Waals surface area contributed by atoms with Crippen molar-refractivity contribution in [2.75, 3.05) is 27.2 Å². The summed E-state index contributed by atoms with van der Waals surface area (Å²) in [6.45, 7) is 1.64. The van der Waals surface area contributed by atoms with E-state index < -0.39 is 0 Å². The molecule has 1 unspecified atom stereocenters. The van der Waals surface area contributed by atoms with Gasteiger partial charge in [0.05, 0.1) is 6.54 Å². The lowest BCUT2D eigenvalue weighted by atomic mass is 10.1. The lowest BCUT2D eigenvalue weighted by Gasteiger charge is -2.13. The number of carbonyl (C=O) groups is 1. The van der Waals surface area contributed by atoms with E-state index >= 15 is 0 Å². The van der Waals surface area contributed by atoms with Gasteiger partial charge in [-0.2, -0.15) is 0 Å². The molecule has 0 radical (unpaired) electrons. The van der Waals surface area contributed by atoms with Gasteiger partial charge in [0.25, 0.3) is 0 Å². The first-order chi connectivity index (χ1) is 5.18. The molecule has 1 N–H and O–H groups in total. The minimum absolute atomic E-state index is 0.355. The second-order valence-corrected chi connectivity index (χ2v) is 3.41. The highest BCUT2D eigenvalue weighted by atomic mass is 16.1. The third kappa shape index (κ3) is 2.99. The summed E-state index contributed by atoms with van der Waals surface area (Å²) in [7, 11) is 4.10. The Morgan fingerprint density at radius 1 is 1.64 bits per heavy atom. The molecule has 0 saturated carbocycles. The molecule has 64 valence electrons. The van der Waals surface area contributed by atoms with E-state index in [1.807, 2.05) is 0 Å². The molecule has 1 fully saturated rings. The van der Waals surface area contributed by atoms with Crippen LogP contribution in [0.1, 0.15) is 12.8 Å². The summed E-state index contributed by atoms with van der Waals surface area (Å²) in [4.78, 5) is 13.0. The largest absolute Gasteiger partial charge is 0.309 e. The Balaban J connectivity index is 2.13. The van der Waals surface area contributed by atoms with Crippen molar-refractivity contribution in [1.29, 1.82) is 0 Å². The second-order valence-electron chi connectivity index (χ2n) is 3.41. The Morgan fingerprint density at radius 2 is 2.36 bits per heavy atom. The van der Waals surface area contributed by atoms with E-state index in [0.717, 1.165) is 19.4 Å². The van der Waals surface area contributed by atoms with Gasteiger partial charge in [-0.25, -0.2) is 0 Å². The molecule has 0 aromatic rings. The topological polar surface area (TPSA) is 32.3 Å². The second kappa shape index (κ2) is 3.83. The van der Waals surface area contributed by atoms with Gasteiger partial charge in [0.2, 0.25) is 0 Å². The number of ketones is 1. The van der Waals surface area contributed by atoms with Crippen LogP contribution >= 0.6 is 0 Å². The fraction of sp³-hybridized carbons (Fsp3) is 0.875. The van der Waals surface area contributed by atoms with Gasteiger partial charge in [-0.05, 0) is 27.1 Å². The van der Waals surface area contributed by atoms with Gasteiger partial charge in [-0.15, -0.1) is 0 Å². The summed E-state index contributed by atoms with van der Waals surface area (Å²) in [6, 6.07) is 0.435. The zero-order valence-corrected chi connectivity index (χ0v) is 7.26. The monoisotopic (exact) mass is 156 g/mol. The van der Waals surface area contributed by atoms with Crippen molar-refractivity contribution < 1.29 is 4.79 Å². The molecule has 11 heavy (non-hydrogen) atoms. The van der Waals surface area contributed by atoms with Gasteiger partial charge in [-0.1, -0.05) is 0 Å². The maximum Gasteiger partial charge on any atom is 0.148 e. The fourth-order valence-electron chi connectivity index (χ4n) is 1.30. The summed E-state index contributed by atoms with van der Waals surface area (Å²) in [5, 5.41) is 3.19. The Hall–Kier alpha value is -0.410. The number of Topliss-reactive ketones (excluding diaryl/α,β-unsaturated/α-hetero) is 1. The summed E-state index contributed by atoms with van der Waals surface area (Å²) < 4.78 is 0. The van der Waals surface area contributed by atoms with Crippen LogP contribution < -0.4 is 5.32 Å². The molecule has 1 aliphatic heterocycles. The predicted octanol–water partition coefficient (Wildman–Crippen LogP) is -0.131. The molecular weight excluding hydrogens is 140 g/mol. The first-order valence-electron chi connectivity index (χ1n) is 4.08. The van der Waals surface area contributed by atoms with Crippen molar-refractivity contribution in [2.24, 2.45) is 0 Å². The highest BCUT2D eigenvalue weighted by Gasteiger charge is 2.20. The Labute approximate surface area is 67.8 Å². The van der Waals surface area contributed by atoms with Crippen LogP contribution in [0, 0.1) is 0 Å². The van der Waals surface area contributed by atoms with E-state index in [1.54, 1.807) is 0 Å². The number of hydrogen-bond donors (Lipinski definition) is 1. The Bertz CT molecular complexity index is 145. The first kappa shape index (κ1) is 8.68. The number of nitrogens with one attached hydrogen (secondary N) is 1. The molecule has 1 rings (SSSR count). The van der Waals surface area contributed by atoms with Gasteiger partial charge < -0.3 is 10.2 Å². The van der Waals surface area contributed by atoms with Crippen LogP contribution in [0.2, 0.25) is 0 Å². The van der Waals surface area contributed by atoms with Crippen LogP contribution in [0.15, 0.2) is 0 Å². The van der Waals surface area contributed by atoms with Crippen molar-refractivity contribution in [2.45, 2.75) is 18.9 Å². The molecule has 1 saturated heterocycles. The molecule has 0 spiro atoms.